The maximum absolute atomic E-state index is 11.9. The molecule has 0 aliphatic carbocycles. The standard InChI is InChI=1S/C12H17BrN2O2S2/c1-19(16,17)12-8-18-6-5-15(12)7-9-10(13)3-2-4-11(9)14/h2-4,12H,5-8,14H2,1H3. The molecule has 19 heavy (non-hydrogen) atoms. The molecule has 4 nitrogen and oxygen atoms in total. The second kappa shape index (κ2) is 6.03. The van der Waals surface area contributed by atoms with E-state index in [1.54, 1.807) is 11.8 Å². The minimum Gasteiger partial charge on any atom is -0.398 e. The molecule has 2 rings (SSSR count). The molecule has 0 aromatic heterocycles. The Morgan fingerprint density at radius 2 is 2.26 bits per heavy atom. The summed E-state index contributed by atoms with van der Waals surface area (Å²) in [4.78, 5) is 2.00. The van der Waals surface area contributed by atoms with E-state index in [4.69, 9.17) is 5.73 Å². The first kappa shape index (κ1) is 15.2. The summed E-state index contributed by atoms with van der Waals surface area (Å²) >= 11 is 5.17. The largest absolute Gasteiger partial charge is 0.398 e. The maximum Gasteiger partial charge on any atom is 0.164 e. The first-order valence-electron chi connectivity index (χ1n) is 5.93. The highest BCUT2D eigenvalue weighted by Crippen LogP contribution is 2.28. The Bertz CT molecular complexity index is 543. The van der Waals surface area contributed by atoms with Gasteiger partial charge in [-0.1, -0.05) is 22.0 Å². The van der Waals surface area contributed by atoms with Crippen molar-refractivity contribution in [3.8, 4) is 0 Å². The molecule has 0 bridgehead atoms. The van der Waals surface area contributed by atoms with Gasteiger partial charge in [-0.05, 0) is 12.1 Å². The van der Waals surface area contributed by atoms with Gasteiger partial charge in [-0.3, -0.25) is 4.90 Å². The molecule has 0 amide bonds. The first-order valence-corrected chi connectivity index (χ1v) is 9.83. The molecule has 106 valence electrons. The smallest absolute Gasteiger partial charge is 0.164 e. The molecule has 1 saturated heterocycles. The Kier molecular flexibility index (Phi) is 4.81. The van der Waals surface area contributed by atoms with Gasteiger partial charge in [-0.15, -0.1) is 0 Å². The van der Waals surface area contributed by atoms with Crippen molar-refractivity contribution in [2.75, 3.05) is 30.0 Å². The zero-order valence-corrected chi connectivity index (χ0v) is 13.9. The lowest BCUT2D eigenvalue weighted by Crippen LogP contribution is -2.46. The fourth-order valence-electron chi connectivity index (χ4n) is 2.14. The summed E-state index contributed by atoms with van der Waals surface area (Å²) in [7, 11) is -3.07. The Morgan fingerprint density at radius 1 is 1.53 bits per heavy atom. The highest BCUT2D eigenvalue weighted by Gasteiger charge is 2.31. The quantitative estimate of drug-likeness (QED) is 0.830. The van der Waals surface area contributed by atoms with Crippen LogP contribution in [0.3, 0.4) is 0 Å². The van der Waals surface area contributed by atoms with Gasteiger partial charge >= 0.3 is 0 Å². The van der Waals surface area contributed by atoms with Crippen molar-refractivity contribution in [1.29, 1.82) is 0 Å². The Balaban J connectivity index is 2.25. The van der Waals surface area contributed by atoms with E-state index < -0.39 is 15.2 Å². The summed E-state index contributed by atoms with van der Waals surface area (Å²) in [5, 5.41) is -0.419. The summed E-state index contributed by atoms with van der Waals surface area (Å²) in [5.41, 5.74) is 7.64. The van der Waals surface area contributed by atoms with Gasteiger partial charge in [-0.25, -0.2) is 8.42 Å². The summed E-state index contributed by atoms with van der Waals surface area (Å²) < 4.78 is 24.6. The van der Waals surface area contributed by atoms with E-state index in [2.05, 4.69) is 15.9 Å². The molecule has 1 fully saturated rings. The molecule has 1 aliphatic heterocycles. The molecule has 0 radical (unpaired) electrons. The number of anilines is 1. The van der Waals surface area contributed by atoms with E-state index in [1.807, 2.05) is 23.1 Å². The van der Waals surface area contributed by atoms with Crippen molar-refractivity contribution < 1.29 is 8.42 Å². The van der Waals surface area contributed by atoms with E-state index in [-0.39, 0.29) is 0 Å². The molecule has 7 heteroatoms. The molecule has 1 aromatic carbocycles. The molecule has 1 unspecified atom stereocenters. The van der Waals surface area contributed by atoms with Crippen LogP contribution in [0.15, 0.2) is 22.7 Å². The van der Waals surface area contributed by atoms with Gasteiger partial charge in [0.05, 0.1) is 0 Å². The second-order valence-corrected chi connectivity index (χ2v) is 8.84. The number of hydrogen-bond donors (Lipinski definition) is 1. The zero-order valence-electron chi connectivity index (χ0n) is 10.7. The summed E-state index contributed by atoms with van der Waals surface area (Å²) in [6.07, 6.45) is 1.31. The van der Waals surface area contributed by atoms with Crippen LogP contribution in [0.5, 0.6) is 0 Å². The van der Waals surface area contributed by atoms with E-state index in [9.17, 15) is 8.42 Å². The molecule has 1 atom stereocenters. The topological polar surface area (TPSA) is 63.4 Å². The average molecular weight is 365 g/mol. The molecular weight excluding hydrogens is 348 g/mol. The Morgan fingerprint density at radius 3 is 2.89 bits per heavy atom. The van der Waals surface area contributed by atoms with Crippen LogP contribution >= 0.6 is 27.7 Å². The highest BCUT2D eigenvalue weighted by atomic mass is 79.9. The third kappa shape index (κ3) is 3.65. The lowest BCUT2D eigenvalue weighted by atomic mass is 10.1. The van der Waals surface area contributed by atoms with Crippen LogP contribution in [0, 0.1) is 0 Å². The van der Waals surface area contributed by atoms with E-state index >= 15 is 0 Å². The third-order valence-corrected chi connectivity index (χ3v) is 6.63. The normalized spacial score (nSPS) is 21.5. The summed E-state index contributed by atoms with van der Waals surface area (Å²) in [6, 6.07) is 5.65. The molecule has 2 N–H and O–H groups in total. The monoisotopic (exact) mass is 364 g/mol. The van der Waals surface area contributed by atoms with Crippen LogP contribution in [0.2, 0.25) is 0 Å². The Hall–Kier alpha value is -0.240. The predicted octanol–water partition coefficient (Wildman–Crippen LogP) is 1.95. The lowest BCUT2D eigenvalue weighted by molar-refractivity contribution is 0.262. The lowest BCUT2D eigenvalue weighted by Gasteiger charge is -2.34. The van der Waals surface area contributed by atoms with Crippen LogP contribution in [0.25, 0.3) is 0 Å². The number of nitrogens with zero attached hydrogens (tertiary/aromatic N) is 1. The van der Waals surface area contributed by atoms with Gasteiger partial charge in [0.25, 0.3) is 0 Å². The van der Waals surface area contributed by atoms with Gasteiger partial charge in [0.15, 0.2) is 9.84 Å². The fraction of sp³-hybridized carbons (Fsp3) is 0.500. The number of halogens is 1. The zero-order chi connectivity index (χ0) is 14.0. The van der Waals surface area contributed by atoms with Gasteiger partial charge in [0, 0.05) is 46.6 Å². The minimum atomic E-state index is -3.07. The third-order valence-electron chi connectivity index (χ3n) is 3.20. The Labute approximate surface area is 126 Å². The van der Waals surface area contributed by atoms with E-state index in [0.717, 1.165) is 22.3 Å². The van der Waals surface area contributed by atoms with Gasteiger partial charge < -0.3 is 5.73 Å². The van der Waals surface area contributed by atoms with Gasteiger partial charge in [-0.2, -0.15) is 11.8 Å². The van der Waals surface area contributed by atoms with Crippen LogP contribution in [-0.2, 0) is 16.4 Å². The molecule has 1 aliphatic rings. The number of thioether (sulfide) groups is 1. The van der Waals surface area contributed by atoms with Crippen molar-refractivity contribution in [3.63, 3.8) is 0 Å². The SMILES string of the molecule is CS(=O)(=O)C1CSCCN1Cc1c(N)cccc1Br. The number of hydrogen-bond acceptors (Lipinski definition) is 5. The van der Waals surface area contributed by atoms with Crippen molar-refractivity contribution >= 4 is 43.2 Å². The summed E-state index contributed by atoms with van der Waals surface area (Å²) in [6.45, 7) is 1.33. The average Bonchev–Trinajstić information content (AvgIpc) is 2.33. The molecule has 0 spiro atoms. The molecule has 1 aromatic rings. The van der Waals surface area contributed by atoms with E-state index in [1.165, 1.54) is 6.26 Å². The van der Waals surface area contributed by atoms with Crippen LogP contribution in [-0.4, -0.2) is 43.0 Å². The number of benzene rings is 1. The number of sulfone groups is 1. The van der Waals surface area contributed by atoms with Crippen LogP contribution < -0.4 is 5.73 Å². The molecule has 1 heterocycles. The fourth-order valence-corrected chi connectivity index (χ4v) is 5.58. The predicted molar refractivity (Wildman–Crippen MR) is 84.9 cm³/mol. The summed E-state index contributed by atoms with van der Waals surface area (Å²) in [5.74, 6) is 1.58. The highest BCUT2D eigenvalue weighted by molar-refractivity contribution is 9.10. The maximum atomic E-state index is 11.9. The number of nitrogen functional groups attached to an aromatic ring is 1. The van der Waals surface area contributed by atoms with Crippen molar-refractivity contribution in [3.05, 3.63) is 28.2 Å². The van der Waals surface area contributed by atoms with Crippen LogP contribution in [0.4, 0.5) is 5.69 Å². The van der Waals surface area contributed by atoms with Crippen molar-refractivity contribution in [2.45, 2.75) is 11.9 Å². The van der Waals surface area contributed by atoms with Crippen molar-refractivity contribution in [2.24, 2.45) is 0 Å². The molecular formula is C12H17BrN2O2S2. The minimum absolute atomic E-state index is 0.419. The van der Waals surface area contributed by atoms with Crippen LogP contribution in [0.1, 0.15) is 5.56 Å². The first-order chi connectivity index (χ1) is 8.89. The van der Waals surface area contributed by atoms with Crippen molar-refractivity contribution in [1.82, 2.24) is 4.90 Å². The van der Waals surface area contributed by atoms with E-state index in [0.29, 0.717) is 18.0 Å². The number of rotatable bonds is 3. The second-order valence-electron chi connectivity index (χ2n) is 4.64. The van der Waals surface area contributed by atoms with Gasteiger partial charge in [0.2, 0.25) is 0 Å². The molecule has 0 saturated carbocycles. The number of nitrogens with two attached hydrogens (primary N) is 1. The van der Waals surface area contributed by atoms with Gasteiger partial charge in [0.1, 0.15) is 5.37 Å².